The van der Waals surface area contributed by atoms with Crippen LogP contribution in [-0.4, -0.2) is 20.0 Å². The maximum absolute atomic E-state index is 4.80. The van der Waals surface area contributed by atoms with Gasteiger partial charge in [-0.2, -0.15) is 15.0 Å². The number of aromatic nitrogens is 4. The molecule has 2 heterocycles. The molecule has 0 aliphatic rings. The molecule has 0 unspecified atom stereocenters. The fourth-order valence-electron chi connectivity index (χ4n) is 3.16. The SMILES string of the molecule is Cc1ccccc1Cn1nc(CNCc2ccncc2)c(-c2ccccc2)n1. The Kier molecular flexibility index (Phi) is 5.54. The van der Waals surface area contributed by atoms with Crippen molar-refractivity contribution in [2.75, 3.05) is 0 Å². The summed E-state index contributed by atoms with van der Waals surface area (Å²) in [4.78, 5) is 5.86. The molecule has 0 atom stereocenters. The van der Waals surface area contributed by atoms with E-state index < -0.39 is 0 Å². The van der Waals surface area contributed by atoms with Gasteiger partial charge in [0.15, 0.2) is 0 Å². The average molecular weight is 369 g/mol. The standard InChI is InChI=1S/C23H23N5/c1-18-7-5-6-10-21(18)17-28-26-22(16-25-15-19-11-13-24-14-12-19)23(27-28)20-8-3-2-4-9-20/h2-14,25H,15-17H2,1H3. The molecule has 2 aromatic heterocycles. The van der Waals surface area contributed by atoms with Gasteiger partial charge in [0.1, 0.15) is 11.4 Å². The molecule has 0 amide bonds. The van der Waals surface area contributed by atoms with Crippen LogP contribution in [0.1, 0.15) is 22.4 Å². The summed E-state index contributed by atoms with van der Waals surface area (Å²) in [5, 5.41) is 13.1. The number of hydrogen-bond donors (Lipinski definition) is 1. The Morgan fingerprint density at radius 1 is 0.821 bits per heavy atom. The van der Waals surface area contributed by atoms with Crippen molar-refractivity contribution < 1.29 is 0 Å². The lowest BCUT2D eigenvalue weighted by molar-refractivity contribution is 0.575. The highest BCUT2D eigenvalue weighted by Crippen LogP contribution is 2.20. The number of rotatable bonds is 7. The molecule has 5 heteroatoms. The van der Waals surface area contributed by atoms with Crippen LogP contribution in [0.5, 0.6) is 0 Å². The van der Waals surface area contributed by atoms with Gasteiger partial charge in [0.05, 0.1) is 6.54 Å². The summed E-state index contributed by atoms with van der Waals surface area (Å²) in [6.07, 6.45) is 3.62. The van der Waals surface area contributed by atoms with Gasteiger partial charge in [-0.3, -0.25) is 4.98 Å². The predicted molar refractivity (Wildman–Crippen MR) is 111 cm³/mol. The summed E-state index contributed by atoms with van der Waals surface area (Å²) in [6.45, 7) is 4.20. The van der Waals surface area contributed by atoms with Crippen molar-refractivity contribution in [3.05, 3.63) is 102 Å². The first-order valence-electron chi connectivity index (χ1n) is 9.43. The van der Waals surface area contributed by atoms with Crippen LogP contribution in [0, 0.1) is 6.92 Å². The van der Waals surface area contributed by atoms with Gasteiger partial charge in [-0.05, 0) is 35.7 Å². The number of pyridine rings is 1. The molecule has 2 aromatic carbocycles. The molecule has 5 nitrogen and oxygen atoms in total. The summed E-state index contributed by atoms with van der Waals surface area (Å²) >= 11 is 0. The molecule has 28 heavy (non-hydrogen) atoms. The molecule has 0 spiro atoms. The number of nitrogens with zero attached hydrogens (tertiary/aromatic N) is 4. The van der Waals surface area contributed by atoms with Crippen molar-refractivity contribution in [2.24, 2.45) is 0 Å². The summed E-state index contributed by atoms with van der Waals surface area (Å²) in [7, 11) is 0. The van der Waals surface area contributed by atoms with Gasteiger partial charge in [-0.1, -0.05) is 54.6 Å². The van der Waals surface area contributed by atoms with Gasteiger partial charge >= 0.3 is 0 Å². The number of hydrogen-bond acceptors (Lipinski definition) is 4. The van der Waals surface area contributed by atoms with Gasteiger partial charge in [0, 0.05) is 31.0 Å². The first-order valence-corrected chi connectivity index (χ1v) is 9.43. The van der Waals surface area contributed by atoms with Crippen LogP contribution in [0.3, 0.4) is 0 Å². The van der Waals surface area contributed by atoms with Crippen LogP contribution >= 0.6 is 0 Å². The minimum absolute atomic E-state index is 0.653. The topological polar surface area (TPSA) is 55.6 Å². The third-order valence-electron chi connectivity index (χ3n) is 4.72. The first kappa shape index (κ1) is 18.1. The van der Waals surface area contributed by atoms with E-state index in [0.29, 0.717) is 13.1 Å². The second-order valence-corrected chi connectivity index (χ2v) is 6.78. The largest absolute Gasteiger partial charge is 0.307 e. The molecule has 0 aliphatic heterocycles. The van der Waals surface area contributed by atoms with Crippen LogP contribution in [0.2, 0.25) is 0 Å². The second-order valence-electron chi connectivity index (χ2n) is 6.78. The average Bonchev–Trinajstić information content (AvgIpc) is 3.14. The molecule has 0 saturated heterocycles. The van der Waals surface area contributed by atoms with E-state index in [2.05, 4.69) is 53.6 Å². The Morgan fingerprint density at radius 3 is 2.36 bits per heavy atom. The zero-order chi connectivity index (χ0) is 19.2. The van der Waals surface area contributed by atoms with Crippen LogP contribution in [0.15, 0.2) is 79.1 Å². The fraction of sp³-hybridized carbons (Fsp3) is 0.174. The van der Waals surface area contributed by atoms with Crippen molar-refractivity contribution in [1.82, 2.24) is 25.3 Å². The Bertz CT molecular complexity index is 1030. The van der Waals surface area contributed by atoms with E-state index in [1.165, 1.54) is 16.7 Å². The highest BCUT2D eigenvalue weighted by atomic mass is 15.5. The minimum atomic E-state index is 0.653. The van der Waals surface area contributed by atoms with E-state index in [9.17, 15) is 0 Å². The van der Waals surface area contributed by atoms with E-state index in [4.69, 9.17) is 10.2 Å². The highest BCUT2D eigenvalue weighted by molar-refractivity contribution is 5.60. The van der Waals surface area contributed by atoms with Gasteiger partial charge in [-0.15, -0.1) is 0 Å². The monoisotopic (exact) mass is 369 g/mol. The lowest BCUT2D eigenvalue weighted by Gasteiger charge is -2.04. The van der Waals surface area contributed by atoms with E-state index in [1.54, 1.807) is 4.80 Å². The van der Waals surface area contributed by atoms with Gasteiger partial charge in [-0.25, -0.2) is 0 Å². The maximum atomic E-state index is 4.80. The molecular formula is C23H23N5. The Labute approximate surface area is 165 Å². The van der Waals surface area contributed by atoms with Crippen LogP contribution in [0.25, 0.3) is 11.3 Å². The number of nitrogens with one attached hydrogen (secondary N) is 1. The zero-order valence-corrected chi connectivity index (χ0v) is 15.9. The number of aryl methyl sites for hydroxylation is 1. The van der Waals surface area contributed by atoms with E-state index >= 15 is 0 Å². The van der Waals surface area contributed by atoms with Gasteiger partial charge < -0.3 is 5.32 Å². The lowest BCUT2D eigenvalue weighted by atomic mass is 10.1. The molecule has 0 fully saturated rings. The summed E-state index contributed by atoms with van der Waals surface area (Å²) < 4.78 is 0. The van der Waals surface area contributed by atoms with Gasteiger partial charge in [0.25, 0.3) is 0 Å². The van der Waals surface area contributed by atoms with E-state index in [-0.39, 0.29) is 0 Å². The van der Waals surface area contributed by atoms with Crippen LogP contribution in [0.4, 0.5) is 0 Å². The number of benzene rings is 2. The summed E-state index contributed by atoms with van der Waals surface area (Å²) in [5.41, 5.74) is 6.64. The summed E-state index contributed by atoms with van der Waals surface area (Å²) in [5.74, 6) is 0. The van der Waals surface area contributed by atoms with Crippen molar-refractivity contribution in [2.45, 2.75) is 26.6 Å². The maximum Gasteiger partial charge on any atom is 0.117 e. The smallest absolute Gasteiger partial charge is 0.117 e. The lowest BCUT2D eigenvalue weighted by Crippen LogP contribution is -2.14. The molecule has 0 saturated carbocycles. The van der Waals surface area contributed by atoms with Crippen molar-refractivity contribution in [3.63, 3.8) is 0 Å². The Morgan fingerprint density at radius 2 is 1.57 bits per heavy atom. The first-order chi connectivity index (χ1) is 13.8. The third kappa shape index (κ3) is 4.32. The molecule has 0 aliphatic carbocycles. The van der Waals surface area contributed by atoms with Crippen molar-refractivity contribution >= 4 is 0 Å². The molecule has 4 aromatic rings. The predicted octanol–water partition coefficient (Wildman–Crippen LogP) is 3.99. The molecule has 0 bridgehead atoms. The van der Waals surface area contributed by atoms with Crippen molar-refractivity contribution in [1.29, 1.82) is 0 Å². The quantitative estimate of drug-likeness (QED) is 0.535. The molecule has 0 radical (unpaired) electrons. The normalized spacial score (nSPS) is 10.9. The summed E-state index contributed by atoms with van der Waals surface area (Å²) in [6, 6.07) is 22.6. The highest BCUT2D eigenvalue weighted by Gasteiger charge is 2.13. The minimum Gasteiger partial charge on any atom is -0.307 e. The molecule has 140 valence electrons. The van der Waals surface area contributed by atoms with E-state index in [1.807, 2.05) is 42.7 Å². The molecule has 1 N–H and O–H groups in total. The zero-order valence-electron chi connectivity index (χ0n) is 15.9. The van der Waals surface area contributed by atoms with Crippen LogP contribution < -0.4 is 5.32 Å². The van der Waals surface area contributed by atoms with Crippen LogP contribution in [-0.2, 0) is 19.6 Å². The third-order valence-corrected chi connectivity index (χ3v) is 4.72. The Hall–Kier alpha value is -3.31. The second kappa shape index (κ2) is 8.59. The van der Waals surface area contributed by atoms with Crippen molar-refractivity contribution in [3.8, 4) is 11.3 Å². The molecular weight excluding hydrogens is 346 g/mol. The van der Waals surface area contributed by atoms with E-state index in [0.717, 1.165) is 23.5 Å². The fourth-order valence-corrected chi connectivity index (χ4v) is 3.16. The Balaban J connectivity index is 1.56. The van der Waals surface area contributed by atoms with Gasteiger partial charge in [0.2, 0.25) is 0 Å². The molecule has 4 rings (SSSR count).